The number of likely N-dealkylation sites (N-methyl/N-ethyl adjacent to an activating group) is 1. The molecule has 0 atom stereocenters. The van der Waals surface area contributed by atoms with Gasteiger partial charge in [0.15, 0.2) is 5.82 Å². The zero-order valence-corrected chi connectivity index (χ0v) is 12.2. The minimum absolute atomic E-state index is 0.0374. The molecule has 2 N–H and O–H groups in total. The maximum absolute atomic E-state index is 13.9. The van der Waals surface area contributed by atoms with Crippen molar-refractivity contribution in [2.24, 2.45) is 0 Å². The van der Waals surface area contributed by atoms with Crippen LogP contribution in [0.15, 0.2) is 17.0 Å². The summed E-state index contributed by atoms with van der Waals surface area (Å²) in [5, 5.41) is -0.371. The molecular formula is C11H13ClFN3O3S. The molecule has 0 unspecified atom stereocenters. The second-order valence-electron chi connectivity index (χ2n) is 4.47. The summed E-state index contributed by atoms with van der Waals surface area (Å²) in [5.74, 6) is -1.41. The van der Waals surface area contributed by atoms with Crippen LogP contribution in [0.25, 0.3) is 0 Å². The molecule has 110 valence electrons. The lowest BCUT2D eigenvalue weighted by molar-refractivity contribution is -0.132. The van der Waals surface area contributed by atoms with E-state index in [2.05, 4.69) is 0 Å². The number of nitrogen functional groups attached to an aromatic ring is 1. The monoisotopic (exact) mass is 321 g/mol. The van der Waals surface area contributed by atoms with Gasteiger partial charge in [-0.15, -0.1) is 0 Å². The zero-order valence-electron chi connectivity index (χ0n) is 10.6. The van der Waals surface area contributed by atoms with E-state index in [0.29, 0.717) is 0 Å². The average molecular weight is 322 g/mol. The number of carbonyl (C=O) groups is 1. The molecule has 0 saturated carbocycles. The third kappa shape index (κ3) is 2.58. The van der Waals surface area contributed by atoms with Crippen molar-refractivity contribution < 1.29 is 17.6 Å². The van der Waals surface area contributed by atoms with Gasteiger partial charge >= 0.3 is 0 Å². The normalized spacial score (nSPS) is 17.6. The lowest BCUT2D eigenvalue weighted by Gasteiger charge is -2.31. The minimum atomic E-state index is -4.15. The number of hydrogen-bond donors (Lipinski definition) is 1. The third-order valence-electron chi connectivity index (χ3n) is 3.06. The average Bonchev–Trinajstić information content (AvgIpc) is 2.36. The van der Waals surface area contributed by atoms with Crippen molar-refractivity contribution in [1.82, 2.24) is 9.21 Å². The molecule has 6 nitrogen and oxygen atoms in total. The molecule has 0 aromatic heterocycles. The number of benzene rings is 1. The van der Waals surface area contributed by atoms with Crippen LogP contribution in [0, 0.1) is 5.82 Å². The van der Waals surface area contributed by atoms with Gasteiger partial charge in [-0.2, -0.15) is 4.31 Å². The maximum Gasteiger partial charge on any atom is 0.246 e. The Kier molecular flexibility index (Phi) is 3.90. The van der Waals surface area contributed by atoms with Crippen LogP contribution in [0.3, 0.4) is 0 Å². The molecular weight excluding hydrogens is 309 g/mol. The summed E-state index contributed by atoms with van der Waals surface area (Å²) in [6.45, 7) is 0.0108. The van der Waals surface area contributed by atoms with Gasteiger partial charge < -0.3 is 10.6 Å². The first-order valence-electron chi connectivity index (χ1n) is 5.72. The van der Waals surface area contributed by atoms with Gasteiger partial charge in [0.1, 0.15) is 4.90 Å². The molecule has 2 rings (SSSR count). The molecule has 0 spiro atoms. The van der Waals surface area contributed by atoms with Crippen LogP contribution in [0.2, 0.25) is 5.02 Å². The van der Waals surface area contributed by atoms with Gasteiger partial charge in [0.2, 0.25) is 15.9 Å². The van der Waals surface area contributed by atoms with E-state index in [4.69, 9.17) is 17.3 Å². The molecule has 1 aromatic rings. The van der Waals surface area contributed by atoms with Gasteiger partial charge in [-0.25, -0.2) is 12.8 Å². The van der Waals surface area contributed by atoms with E-state index in [1.165, 1.54) is 4.90 Å². The first-order chi connectivity index (χ1) is 9.23. The first kappa shape index (κ1) is 15.0. The first-order valence-corrected chi connectivity index (χ1v) is 7.54. The van der Waals surface area contributed by atoms with Gasteiger partial charge in [-0.05, 0) is 12.1 Å². The number of amides is 1. The van der Waals surface area contributed by atoms with Crippen LogP contribution in [-0.2, 0) is 14.8 Å². The Morgan fingerprint density at radius 2 is 2.00 bits per heavy atom. The Morgan fingerprint density at radius 1 is 1.35 bits per heavy atom. The van der Waals surface area contributed by atoms with Gasteiger partial charge in [0.25, 0.3) is 0 Å². The molecule has 0 aliphatic carbocycles. The number of nitrogens with zero attached hydrogens (tertiary/aromatic N) is 2. The van der Waals surface area contributed by atoms with E-state index in [-0.39, 0.29) is 36.3 Å². The highest BCUT2D eigenvalue weighted by Gasteiger charge is 2.34. The van der Waals surface area contributed by atoms with Crippen molar-refractivity contribution in [2.75, 3.05) is 32.4 Å². The largest absolute Gasteiger partial charge is 0.399 e. The molecule has 1 aliphatic heterocycles. The van der Waals surface area contributed by atoms with E-state index >= 15 is 0 Å². The molecule has 1 aromatic carbocycles. The Hall–Kier alpha value is -1.38. The highest BCUT2D eigenvalue weighted by Crippen LogP contribution is 2.28. The molecule has 1 amide bonds. The second kappa shape index (κ2) is 5.19. The SMILES string of the molecule is CN1CCN(S(=O)(=O)c2cc(N)cc(Cl)c2F)CC1=O. The summed E-state index contributed by atoms with van der Waals surface area (Å²) in [7, 11) is -2.57. The van der Waals surface area contributed by atoms with Crippen molar-refractivity contribution in [2.45, 2.75) is 4.90 Å². The van der Waals surface area contributed by atoms with E-state index in [1.807, 2.05) is 0 Å². The van der Waals surface area contributed by atoms with Gasteiger partial charge in [0, 0.05) is 25.8 Å². The Bertz CT molecular complexity index is 665. The predicted molar refractivity (Wildman–Crippen MR) is 72.2 cm³/mol. The summed E-state index contributed by atoms with van der Waals surface area (Å²) in [5.41, 5.74) is 5.53. The number of rotatable bonds is 2. The zero-order chi connectivity index (χ0) is 15.1. The number of carbonyl (C=O) groups excluding carboxylic acids is 1. The van der Waals surface area contributed by atoms with Crippen molar-refractivity contribution in [3.8, 4) is 0 Å². The van der Waals surface area contributed by atoms with Crippen molar-refractivity contribution in [1.29, 1.82) is 0 Å². The van der Waals surface area contributed by atoms with Crippen LogP contribution in [-0.4, -0.2) is 50.2 Å². The van der Waals surface area contributed by atoms with Crippen molar-refractivity contribution in [3.63, 3.8) is 0 Å². The van der Waals surface area contributed by atoms with Crippen LogP contribution in [0.5, 0.6) is 0 Å². The van der Waals surface area contributed by atoms with Crippen molar-refractivity contribution >= 4 is 33.2 Å². The number of anilines is 1. The summed E-state index contributed by atoms with van der Waals surface area (Å²) in [6.07, 6.45) is 0. The van der Waals surface area contributed by atoms with E-state index in [9.17, 15) is 17.6 Å². The predicted octanol–water partition coefficient (Wildman–Crippen LogP) is 0.524. The van der Waals surface area contributed by atoms with Crippen LogP contribution >= 0.6 is 11.6 Å². The molecule has 1 heterocycles. The van der Waals surface area contributed by atoms with E-state index in [0.717, 1.165) is 16.4 Å². The minimum Gasteiger partial charge on any atom is -0.399 e. The van der Waals surface area contributed by atoms with Gasteiger partial charge in [-0.3, -0.25) is 4.79 Å². The standard InChI is InChI=1S/C11H13ClFN3O3S/c1-15-2-3-16(6-10(15)17)20(18,19)9-5-7(14)4-8(12)11(9)13/h4-5H,2-3,6,14H2,1H3. The highest BCUT2D eigenvalue weighted by molar-refractivity contribution is 7.89. The topological polar surface area (TPSA) is 83.7 Å². The fourth-order valence-corrected chi connectivity index (χ4v) is 3.64. The highest BCUT2D eigenvalue weighted by atomic mass is 35.5. The smallest absolute Gasteiger partial charge is 0.246 e. The number of piperazine rings is 1. The van der Waals surface area contributed by atoms with E-state index in [1.54, 1.807) is 7.05 Å². The van der Waals surface area contributed by atoms with Crippen LogP contribution < -0.4 is 5.73 Å². The number of hydrogen-bond acceptors (Lipinski definition) is 4. The molecule has 1 aliphatic rings. The summed E-state index contributed by atoms with van der Waals surface area (Å²) >= 11 is 5.60. The number of sulfonamides is 1. The molecule has 20 heavy (non-hydrogen) atoms. The third-order valence-corrected chi connectivity index (χ3v) is 5.18. The van der Waals surface area contributed by atoms with Crippen LogP contribution in [0.4, 0.5) is 10.1 Å². The quantitative estimate of drug-likeness (QED) is 0.805. The Labute approximate surface area is 121 Å². The van der Waals surface area contributed by atoms with Gasteiger partial charge in [0.05, 0.1) is 11.6 Å². The summed E-state index contributed by atoms with van der Waals surface area (Å²) < 4.78 is 39.6. The fraction of sp³-hybridized carbons (Fsp3) is 0.364. The fourth-order valence-electron chi connectivity index (χ4n) is 1.85. The second-order valence-corrected chi connectivity index (χ2v) is 6.78. The maximum atomic E-state index is 13.9. The van der Waals surface area contributed by atoms with E-state index < -0.39 is 20.7 Å². The molecule has 0 radical (unpaired) electrons. The number of halogens is 2. The molecule has 1 saturated heterocycles. The molecule has 9 heteroatoms. The van der Waals surface area contributed by atoms with Crippen molar-refractivity contribution in [3.05, 3.63) is 23.0 Å². The Morgan fingerprint density at radius 3 is 2.60 bits per heavy atom. The summed E-state index contributed by atoms with van der Waals surface area (Å²) in [6, 6.07) is 2.13. The van der Waals surface area contributed by atoms with Gasteiger partial charge in [-0.1, -0.05) is 11.6 Å². The number of nitrogens with two attached hydrogens (primary N) is 1. The molecule has 0 bridgehead atoms. The lowest BCUT2D eigenvalue weighted by Crippen LogP contribution is -2.50. The van der Waals surface area contributed by atoms with Crippen LogP contribution in [0.1, 0.15) is 0 Å². The Balaban J connectivity index is 2.44. The molecule has 1 fully saturated rings. The summed E-state index contributed by atoms with van der Waals surface area (Å²) in [4.78, 5) is 12.4. The lowest BCUT2D eigenvalue weighted by atomic mass is 10.3.